The molecule has 0 rings (SSSR count). The predicted octanol–water partition coefficient (Wildman–Crippen LogP) is 3.14. The smallest absolute Gasteiger partial charge is 0.00461 e. The summed E-state index contributed by atoms with van der Waals surface area (Å²) in [6.07, 6.45) is 8.69. The summed E-state index contributed by atoms with van der Waals surface area (Å²) in [5, 5.41) is 3.41. The average molecular weight is 181 g/mol. The van der Waals surface area contributed by atoms with Crippen LogP contribution in [0.4, 0.5) is 0 Å². The molecule has 0 spiro atoms. The second kappa shape index (κ2) is 9.53. The molecule has 0 saturated carbocycles. The Labute approximate surface area is 82.9 Å². The van der Waals surface area contributed by atoms with Gasteiger partial charge in [0, 0.05) is 0 Å². The summed E-state index contributed by atoms with van der Waals surface area (Å²) < 4.78 is 0. The minimum absolute atomic E-state index is 0.736. The van der Waals surface area contributed by atoms with Crippen LogP contribution in [0.5, 0.6) is 0 Å². The first-order valence-corrected chi connectivity index (χ1v) is 5.27. The topological polar surface area (TPSA) is 12.0 Å². The normalized spacial score (nSPS) is 10.3. The van der Waals surface area contributed by atoms with Crippen LogP contribution in [-0.2, 0) is 0 Å². The monoisotopic (exact) mass is 181 g/mol. The van der Waals surface area contributed by atoms with Gasteiger partial charge >= 0.3 is 0 Å². The summed E-state index contributed by atoms with van der Waals surface area (Å²) in [6.45, 7) is 12.0. The highest BCUT2D eigenvalue weighted by atomic mass is 14.8. The van der Waals surface area contributed by atoms with Gasteiger partial charge in [-0.15, -0.1) is 13.2 Å². The van der Waals surface area contributed by atoms with E-state index in [2.05, 4.69) is 25.4 Å². The molecule has 0 aromatic rings. The fourth-order valence-electron chi connectivity index (χ4n) is 1.41. The molecule has 0 aliphatic carbocycles. The molecule has 0 amide bonds. The standard InChI is InChI=1S/C12H23N/c1-4-7-12(8-5-2)9-11-13-10-6-3/h4-5,12-13H,1-2,6-11H2,3H3. The summed E-state index contributed by atoms with van der Waals surface area (Å²) in [4.78, 5) is 0. The number of nitrogens with one attached hydrogen (secondary N) is 1. The van der Waals surface area contributed by atoms with Crippen molar-refractivity contribution in [3.63, 3.8) is 0 Å². The van der Waals surface area contributed by atoms with Crippen LogP contribution >= 0.6 is 0 Å². The highest BCUT2D eigenvalue weighted by Gasteiger charge is 2.03. The molecule has 1 heteroatoms. The fraction of sp³-hybridized carbons (Fsp3) is 0.667. The van der Waals surface area contributed by atoms with Crippen LogP contribution in [0.3, 0.4) is 0 Å². The number of rotatable bonds is 9. The molecule has 0 aromatic heterocycles. The molecule has 0 saturated heterocycles. The molecule has 0 unspecified atom stereocenters. The third kappa shape index (κ3) is 7.79. The molecule has 0 aliphatic rings. The van der Waals surface area contributed by atoms with Crippen LogP contribution in [0.1, 0.15) is 32.6 Å². The van der Waals surface area contributed by atoms with E-state index in [9.17, 15) is 0 Å². The summed E-state index contributed by atoms with van der Waals surface area (Å²) >= 11 is 0. The second-order valence-corrected chi connectivity index (χ2v) is 3.45. The van der Waals surface area contributed by atoms with E-state index in [-0.39, 0.29) is 0 Å². The van der Waals surface area contributed by atoms with E-state index >= 15 is 0 Å². The Hall–Kier alpha value is -0.560. The van der Waals surface area contributed by atoms with Crippen molar-refractivity contribution in [2.45, 2.75) is 32.6 Å². The van der Waals surface area contributed by atoms with Crippen molar-refractivity contribution in [1.29, 1.82) is 0 Å². The lowest BCUT2D eigenvalue weighted by molar-refractivity contribution is 0.474. The Morgan fingerprint density at radius 2 is 1.77 bits per heavy atom. The van der Waals surface area contributed by atoms with Crippen LogP contribution in [0.2, 0.25) is 0 Å². The Bertz CT molecular complexity index is 119. The van der Waals surface area contributed by atoms with Gasteiger partial charge in [0.2, 0.25) is 0 Å². The van der Waals surface area contributed by atoms with E-state index in [4.69, 9.17) is 0 Å². The van der Waals surface area contributed by atoms with E-state index in [1.165, 1.54) is 12.8 Å². The molecule has 0 heterocycles. The van der Waals surface area contributed by atoms with Crippen LogP contribution in [0.25, 0.3) is 0 Å². The van der Waals surface area contributed by atoms with Crippen molar-refractivity contribution >= 4 is 0 Å². The van der Waals surface area contributed by atoms with Crippen molar-refractivity contribution < 1.29 is 0 Å². The van der Waals surface area contributed by atoms with Gasteiger partial charge in [0.1, 0.15) is 0 Å². The quantitative estimate of drug-likeness (QED) is 0.425. The summed E-state index contributed by atoms with van der Waals surface area (Å²) in [6, 6.07) is 0. The molecule has 0 aliphatic heterocycles. The van der Waals surface area contributed by atoms with Gasteiger partial charge in [-0.1, -0.05) is 19.1 Å². The SMILES string of the molecule is C=CCC(CC=C)CCNCCC. The molecule has 76 valence electrons. The lowest BCUT2D eigenvalue weighted by Crippen LogP contribution is -2.18. The molecular weight excluding hydrogens is 158 g/mol. The van der Waals surface area contributed by atoms with Gasteiger partial charge in [0.05, 0.1) is 0 Å². The maximum Gasteiger partial charge on any atom is -0.00461 e. The van der Waals surface area contributed by atoms with Crippen molar-refractivity contribution in [2.24, 2.45) is 5.92 Å². The largest absolute Gasteiger partial charge is 0.317 e. The second-order valence-electron chi connectivity index (χ2n) is 3.45. The Morgan fingerprint density at radius 1 is 1.15 bits per heavy atom. The maximum atomic E-state index is 3.77. The van der Waals surface area contributed by atoms with Crippen LogP contribution in [0, 0.1) is 5.92 Å². The van der Waals surface area contributed by atoms with E-state index in [1.54, 1.807) is 0 Å². The van der Waals surface area contributed by atoms with Gasteiger partial charge in [-0.25, -0.2) is 0 Å². The molecule has 0 radical (unpaired) electrons. The molecule has 1 nitrogen and oxygen atoms in total. The van der Waals surface area contributed by atoms with E-state index in [1.807, 2.05) is 12.2 Å². The molecule has 0 atom stereocenters. The fourth-order valence-corrected chi connectivity index (χ4v) is 1.41. The number of hydrogen-bond donors (Lipinski definition) is 1. The number of allylic oxidation sites excluding steroid dienone is 2. The van der Waals surface area contributed by atoms with Gasteiger partial charge in [-0.05, 0) is 44.7 Å². The van der Waals surface area contributed by atoms with Gasteiger partial charge < -0.3 is 5.32 Å². The third-order valence-corrected chi connectivity index (χ3v) is 2.16. The average Bonchev–Trinajstić information content (AvgIpc) is 2.13. The Balaban J connectivity index is 3.43. The van der Waals surface area contributed by atoms with Gasteiger partial charge in [-0.2, -0.15) is 0 Å². The highest BCUT2D eigenvalue weighted by molar-refractivity contribution is 4.79. The van der Waals surface area contributed by atoms with Crippen LogP contribution in [-0.4, -0.2) is 13.1 Å². The maximum absolute atomic E-state index is 3.77. The molecule has 1 N–H and O–H groups in total. The highest BCUT2D eigenvalue weighted by Crippen LogP contribution is 2.13. The number of hydrogen-bond acceptors (Lipinski definition) is 1. The Kier molecular flexibility index (Phi) is 9.12. The molecule has 0 bridgehead atoms. The summed E-state index contributed by atoms with van der Waals surface area (Å²) in [5.74, 6) is 0.736. The van der Waals surface area contributed by atoms with E-state index in [0.717, 1.165) is 31.8 Å². The summed E-state index contributed by atoms with van der Waals surface area (Å²) in [5.41, 5.74) is 0. The zero-order valence-electron chi connectivity index (χ0n) is 8.89. The third-order valence-electron chi connectivity index (χ3n) is 2.16. The zero-order valence-corrected chi connectivity index (χ0v) is 8.89. The van der Waals surface area contributed by atoms with E-state index in [0.29, 0.717) is 0 Å². The minimum atomic E-state index is 0.736. The van der Waals surface area contributed by atoms with Crippen molar-refractivity contribution in [3.05, 3.63) is 25.3 Å². The first-order valence-electron chi connectivity index (χ1n) is 5.27. The van der Waals surface area contributed by atoms with Gasteiger partial charge in [0.15, 0.2) is 0 Å². The van der Waals surface area contributed by atoms with Crippen LogP contribution in [0.15, 0.2) is 25.3 Å². The predicted molar refractivity (Wildman–Crippen MR) is 60.9 cm³/mol. The molecule has 13 heavy (non-hydrogen) atoms. The van der Waals surface area contributed by atoms with Crippen LogP contribution < -0.4 is 5.32 Å². The van der Waals surface area contributed by atoms with Crippen molar-refractivity contribution in [3.8, 4) is 0 Å². The lowest BCUT2D eigenvalue weighted by atomic mass is 9.98. The first kappa shape index (κ1) is 12.4. The molecular formula is C12H23N. The van der Waals surface area contributed by atoms with Gasteiger partial charge in [0.25, 0.3) is 0 Å². The summed E-state index contributed by atoms with van der Waals surface area (Å²) in [7, 11) is 0. The zero-order chi connectivity index (χ0) is 9.94. The molecule has 0 fully saturated rings. The minimum Gasteiger partial charge on any atom is -0.317 e. The first-order chi connectivity index (χ1) is 6.35. The Morgan fingerprint density at radius 3 is 2.23 bits per heavy atom. The van der Waals surface area contributed by atoms with Crippen molar-refractivity contribution in [2.75, 3.05) is 13.1 Å². The van der Waals surface area contributed by atoms with Crippen molar-refractivity contribution in [1.82, 2.24) is 5.32 Å². The van der Waals surface area contributed by atoms with Gasteiger partial charge in [-0.3, -0.25) is 0 Å². The lowest BCUT2D eigenvalue weighted by Gasteiger charge is -2.12. The molecule has 0 aromatic carbocycles. The van der Waals surface area contributed by atoms with E-state index < -0.39 is 0 Å².